The molecule has 19 heavy (non-hydrogen) atoms. The molecule has 0 unspecified atom stereocenters. The van der Waals surface area contributed by atoms with E-state index < -0.39 is 19.9 Å². The predicted molar refractivity (Wildman–Crippen MR) is 73.3 cm³/mol. The Morgan fingerprint density at radius 1 is 1.21 bits per heavy atom. The molecule has 1 aliphatic heterocycles. The van der Waals surface area contributed by atoms with Crippen LogP contribution in [0.2, 0.25) is 5.02 Å². The van der Waals surface area contributed by atoms with Crippen LogP contribution in [0.1, 0.15) is 0 Å². The molecule has 9 heteroatoms. The van der Waals surface area contributed by atoms with E-state index in [1.165, 1.54) is 18.2 Å². The highest BCUT2D eigenvalue weighted by molar-refractivity contribution is 7.92. The first kappa shape index (κ1) is 14.6. The molecule has 6 nitrogen and oxygen atoms in total. The number of anilines is 1. The molecule has 0 bridgehead atoms. The molecule has 0 radical (unpaired) electrons. The molecule has 0 atom stereocenters. The first-order valence-corrected chi connectivity index (χ1v) is 9.12. The van der Waals surface area contributed by atoms with Gasteiger partial charge in [0.25, 0.3) is 0 Å². The van der Waals surface area contributed by atoms with E-state index in [1.54, 1.807) is 0 Å². The van der Waals surface area contributed by atoms with Crippen LogP contribution in [0.25, 0.3) is 0 Å². The quantitative estimate of drug-likeness (QED) is 0.791. The summed E-state index contributed by atoms with van der Waals surface area (Å²) >= 11 is 5.74. The van der Waals surface area contributed by atoms with Crippen molar-refractivity contribution in [2.24, 2.45) is 0 Å². The summed E-state index contributed by atoms with van der Waals surface area (Å²) in [7, 11) is -6.85. The molecular weight excluding hydrogens is 312 g/mol. The van der Waals surface area contributed by atoms with Crippen molar-refractivity contribution in [1.82, 2.24) is 4.31 Å². The monoisotopic (exact) mass is 324 g/mol. The minimum atomic E-state index is -3.72. The van der Waals surface area contributed by atoms with Crippen LogP contribution in [-0.2, 0) is 19.9 Å². The van der Waals surface area contributed by atoms with Crippen molar-refractivity contribution < 1.29 is 16.8 Å². The molecule has 1 aliphatic rings. The average Bonchev–Trinajstić information content (AvgIpc) is 2.32. The fourth-order valence-corrected chi connectivity index (χ4v) is 4.79. The number of nitrogens with two attached hydrogens (primary N) is 1. The number of benzene rings is 1. The lowest BCUT2D eigenvalue weighted by Gasteiger charge is -2.26. The zero-order valence-corrected chi connectivity index (χ0v) is 12.3. The smallest absolute Gasteiger partial charge is 0.243 e. The highest BCUT2D eigenvalue weighted by atomic mass is 35.5. The molecular formula is C10H13ClN2O4S2. The van der Waals surface area contributed by atoms with Crippen molar-refractivity contribution >= 4 is 37.1 Å². The summed E-state index contributed by atoms with van der Waals surface area (Å²) in [6.45, 7) is -0.0691. The van der Waals surface area contributed by atoms with Crippen molar-refractivity contribution in [2.75, 3.05) is 30.3 Å². The van der Waals surface area contributed by atoms with E-state index in [4.69, 9.17) is 17.3 Å². The molecule has 0 spiro atoms. The zero-order valence-electron chi connectivity index (χ0n) is 9.91. The lowest BCUT2D eigenvalue weighted by atomic mass is 10.3. The first-order valence-electron chi connectivity index (χ1n) is 5.48. The Balaban J connectivity index is 2.30. The number of hydrogen-bond donors (Lipinski definition) is 1. The molecule has 1 saturated heterocycles. The lowest BCUT2D eigenvalue weighted by Crippen LogP contribution is -2.43. The van der Waals surface area contributed by atoms with Crippen molar-refractivity contribution in [1.29, 1.82) is 0 Å². The fraction of sp³-hybridized carbons (Fsp3) is 0.400. The molecule has 1 aromatic carbocycles. The van der Waals surface area contributed by atoms with Gasteiger partial charge in [0.05, 0.1) is 27.1 Å². The standard InChI is InChI=1S/C10H13ClN2O4S2/c11-9-2-1-8(7-10(9)12)19(16,17)13-3-5-18(14,15)6-4-13/h1-2,7H,3-6,12H2. The number of rotatable bonds is 2. The van der Waals surface area contributed by atoms with Crippen LogP contribution in [0, 0.1) is 0 Å². The third-order valence-electron chi connectivity index (χ3n) is 2.91. The maximum atomic E-state index is 12.3. The number of halogens is 1. The van der Waals surface area contributed by atoms with Gasteiger partial charge >= 0.3 is 0 Å². The van der Waals surface area contributed by atoms with E-state index in [-0.39, 0.29) is 40.2 Å². The molecule has 0 saturated carbocycles. The van der Waals surface area contributed by atoms with Crippen LogP contribution in [0.4, 0.5) is 5.69 Å². The third kappa shape index (κ3) is 3.02. The van der Waals surface area contributed by atoms with Crippen molar-refractivity contribution in [2.45, 2.75) is 4.90 Å². The van der Waals surface area contributed by atoms with Crippen LogP contribution in [0.3, 0.4) is 0 Å². The number of nitrogens with zero attached hydrogens (tertiary/aromatic N) is 1. The van der Waals surface area contributed by atoms with E-state index in [1.807, 2.05) is 0 Å². The highest BCUT2D eigenvalue weighted by Gasteiger charge is 2.31. The molecule has 2 rings (SSSR count). The van der Waals surface area contributed by atoms with Gasteiger partial charge in [-0.25, -0.2) is 16.8 Å². The number of sulfonamides is 1. The van der Waals surface area contributed by atoms with E-state index in [2.05, 4.69) is 0 Å². The minimum absolute atomic E-state index is 0.0219. The van der Waals surface area contributed by atoms with Crippen LogP contribution >= 0.6 is 11.6 Å². The summed E-state index contributed by atoms with van der Waals surface area (Å²) < 4.78 is 48.3. The van der Waals surface area contributed by atoms with Gasteiger partial charge in [0.15, 0.2) is 9.84 Å². The Hall–Kier alpha value is -0.830. The van der Waals surface area contributed by atoms with Gasteiger partial charge in [-0.15, -0.1) is 0 Å². The SMILES string of the molecule is Nc1cc(S(=O)(=O)N2CCS(=O)(=O)CC2)ccc1Cl. The number of hydrogen-bond acceptors (Lipinski definition) is 5. The van der Waals surface area contributed by atoms with Crippen molar-refractivity contribution in [3.8, 4) is 0 Å². The van der Waals surface area contributed by atoms with Gasteiger partial charge in [0, 0.05) is 13.1 Å². The van der Waals surface area contributed by atoms with Gasteiger partial charge < -0.3 is 5.73 Å². The Kier molecular flexibility index (Phi) is 3.78. The maximum absolute atomic E-state index is 12.3. The van der Waals surface area contributed by atoms with Gasteiger partial charge in [-0.3, -0.25) is 0 Å². The predicted octanol–water partition coefficient (Wildman–Crippen LogP) is 0.341. The Bertz CT molecular complexity index is 686. The second-order valence-electron chi connectivity index (χ2n) is 4.24. The van der Waals surface area contributed by atoms with Crippen LogP contribution in [0.15, 0.2) is 23.1 Å². The number of nitrogen functional groups attached to an aromatic ring is 1. The summed E-state index contributed by atoms with van der Waals surface area (Å²) in [4.78, 5) is 0.0219. The Morgan fingerprint density at radius 2 is 1.79 bits per heavy atom. The van der Waals surface area contributed by atoms with Gasteiger partial charge in [-0.2, -0.15) is 4.31 Å². The second kappa shape index (κ2) is 4.93. The van der Waals surface area contributed by atoms with E-state index >= 15 is 0 Å². The van der Waals surface area contributed by atoms with Crippen molar-refractivity contribution in [3.05, 3.63) is 23.2 Å². The summed E-state index contributed by atoms with van der Waals surface area (Å²) in [6.07, 6.45) is 0. The second-order valence-corrected chi connectivity index (χ2v) is 8.89. The summed E-state index contributed by atoms with van der Waals surface area (Å²) in [6, 6.07) is 4.04. The normalized spacial score (nSPS) is 20.3. The van der Waals surface area contributed by atoms with Gasteiger partial charge in [-0.1, -0.05) is 11.6 Å². The zero-order chi connectivity index (χ0) is 14.3. The van der Waals surface area contributed by atoms with Crippen LogP contribution in [0.5, 0.6) is 0 Å². The average molecular weight is 325 g/mol. The molecule has 0 aromatic heterocycles. The van der Waals surface area contributed by atoms with E-state index in [9.17, 15) is 16.8 Å². The minimum Gasteiger partial charge on any atom is -0.397 e. The summed E-state index contributed by atoms with van der Waals surface area (Å²) in [5.74, 6) is -0.315. The molecule has 0 aliphatic carbocycles. The van der Waals surface area contributed by atoms with Gasteiger partial charge in [-0.05, 0) is 18.2 Å². The molecule has 0 amide bonds. The highest BCUT2D eigenvalue weighted by Crippen LogP contribution is 2.25. The van der Waals surface area contributed by atoms with Gasteiger partial charge in [0.1, 0.15) is 0 Å². The summed E-state index contributed by atoms with van der Waals surface area (Å²) in [5.41, 5.74) is 5.75. The maximum Gasteiger partial charge on any atom is 0.243 e. The third-order valence-corrected chi connectivity index (χ3v) is 6.76. The van der Waals surface area contributed by atoms with Gasteiger partial charge in [0.2, 0.25) is 10.0 Å². The summed E-state index contributed by atoms with van der Waals surface area (Å²) in [5, 5.41) is 0.278. The van der Waals surface area contributed by atoms with Crippen LogP contribution < -0.4 is 5.73 Å². The first-order chi connectivity index (χ1) is 8.72. The number of sulfone groups is 1. The molecule has 1 heterocycles. The molecule has 106 valence electrons. The van der Waals surface area contributed by atoms with Crippen molar-refractivity contribution in [3.63, 3.8) is 0 Å². The van der Waals surface area contributed by atoms with Crippen LogP contribution in [-0.4, -0.2) is 45.7 Å². The molecule has 1 aromatic rings. The topological polar surface area (TPSA) is 97.5 Å². The Labute approximate surface area is 117 Å². The molecule has 2 N–H and O–H groups in total. The van der Waals surface area contributed by atoms with E-state index in [0.717, 1.165) is 4.31 Å². The van der Waals surface area contributed by atoms with E-state index in [0.29, 0.717) is 0 Å². The lowest BCUT2D eigenvalue weighted by molar-refractivity contribution is 0.431. The Morgan fingerprint density at radius 3 is 2.32 bits per heavy atom. The molecule has 1 fully saturated rings. The largest absolute Gasteiger partial charge is 0.397 e. The fourth-order valence-electron chi connectivity index (χ4n) is 1.77.